The Labute approximate surface area is 179 Å². The fourth-order valence-corrected chi connectivity index (χ4v) is 3.34. The summed E-state index contributed by atoms with van der Waals surface area (Å²) in [4.78, 5) is 14.4. The summed E-state index contributed by atoms with van der Waals surface area (Å²) in [5.74, 6) is 0.385. The van der Waals surface area contributed by atoms with E-state index >= 15 is 0 Å². The van der Waals surface area contributed by atoms with E-state index in [2.05, 4.69) is 27.3 Å². The fraction of sp³-hybridized carbons (Fsp3) is 0.286. The van der Waals surface area contributed by atoms with Gasteiger partial charge in [-0.2, -0.15) is 5.26 Å². The molecule has 0 bridgehead atoms. The number of thiocarbonyl (C=S) groups is 1. The molecule has 1 N–H and O–H groups in total. The number of amides is 1. The predicted octanol–water partition coefficient (Wildman–Crippen LogP) is 4.32. The molecule has 0 heterocycles. The molecule has 2 rings (SSSR count). The molecule has 2 aromatic rings. The van der Waals surface area contributed by atoms with Gasteiger partial charge in [0.25, 0.3) is 5.91 Å². The Hall–Kier alpha value is -2.43. The average Bonchev–Trinajstić information content (AvgIpc) is 2.70. The summed E-state index contributed by atoms with van der Waals surface area (Å²) in [7, 11) is 0. The summed E-state index contributed by atoms with van der Waals surface area (Å²) in [5, 5.41) is 12.0. The molecule has 7 heteroatoms. The van der Waals surface area contributed by atoms with E-state index in [9.17, 15) is 4.79 Å². The Kier molecular flexibility index (Phi) is 8.92. The quantitative estimate of drug-likeness (QED) is 0.595. The summed E-state index contributed by atoms with van der Waals surface area (Å²) in [6.07, 6.45) is 1.11. The summed E-state index contributed by atoms with van der Waals surface area (Å²) >= 11 is 8.84. The lowest BCUT2D eigenvalue weighted by Crippen LogP contribution is -2.44. The minimum atomic E-state index is -0.296. The molecule has 28 heavy (non-hydrogen) atoms. The third kappa shape index (κ3) is 6.63. The van der Waals surface area contributed by atoms with E-state index in [1.54, 1.807) is 18.2 Å². The standard InChI is InChI=1S/C21H22BrN3O2S/c1-2-27-19-10-9-17(15-18(19)22)20(26)24-21(28)25(13-6-12-23)14-11-16-7-4-3-5-8-16/h3-5,7-10,15H,2,6,11,13-14H2,1H3,(H,24,26,28). The second-order valence-electron chi connectivity index (χ2n) is 5.97. The van der Waals surface area contributed by atoms with Gasteiger partial charge in [0, 0.05) is 18.7 Å². The molecule has 2 aromatic carbocycles. The minimum Gasteiger partial charge on any atom is -0.493 e. The first kappa shape index (κ1) is 21.9. The van der Waals surface area contributed by atoms with E-state index < -0.39 is 0 Å². The predicted molar refractivity (Wildman–Crippen MR) is 117 cm³/mol. The zero-order valence-corrected chi connectivity index (χ0v) is 18.1. The largest absolute Gasteiger partial charge is 0.493 e. The Balaban J connectivity index is 2.02. The molecule has 5 nitrogen and oxygen atoms in total. The Morgan fingerprint density at radius 2 is 2.00 bits per heavy atom. The lowest BCUT2D eigenvalue weighted by Gasteiger charge is -2.24. The van der Waals surface area contributed by atoms with E-state index in [0.29, 0.717) is 47.0 Å². The number of hydrogen-bond acceptors (Lipinski definition) is 4. The number of benzene rings is 2. The van der Waals surface area contributed by atoms with Crippen LogP contribution < -0.4 is 10.1 Å². The van der Waals surface area contributed by atoms with E-state index in [1.807, 2.05) is 42.2 Å². The second kappa shape index (κ2) is 11.4. The van der Waals surface area contributed by atoms with E-state index in [0.717, 1.165) is 6.42 Å². The first-order valence-corrected chi connectivity index (χ1v) is 10.2. The molecule has 0 aromatic heterocycles. The Bertz CT molecular complexity index is 852. The highest BCUT2D eigenvalue weighted by atomic mass is 79.9. The van der Waals surface area contributed by atoms with Crippen LogP contribution in [0.2, 0.25) is 0 Å². The van der Waals surface area contributed by atoms with Gasteiger partial charge in [-0.25, -0.2) is 0 Å². The fourth-order valence-electron chi connectivity index (χ4n) is 2.57. The van der Waals surface area contributed by atoms with Crippen LogP contribution in [-0.4, -0.2) is 35.6 Å². The molecule has 0 unspecified atom stereocenters. The number of ether oxygens (including phenoxy) is 1. The highest BCUT2D eigenvalue weighted by molar-refractivity contribution is 9.10. The average molecular weight is 460 g/mol. The van der Waals surface area contributed by atoms with Crippen molar-refractivity contribution in [1.29, 1.82) is 5.26 Å². The molecule has 0 aliphatic carbocycles. The van der Waals surface area contributed by atoms with Crippen molar-refractivity contribution in [2.75, 3.05) is 19.7 Å². The van der Waals surface area contributed by atoms with Crippen LogP contribution in [0.3, 0.4) is 0 Å². The van der Waals surface area contributed by atoms with Crippen LogP contribution in [0, 0.1) is 11.3 Å². The van der Waals surface area contributed by atoms with Gasteiger partial charge in [0.15, 0.2) is 5.11 Å². The van der Waals surface area contributed by atoms with Crippen molar-refractivity contribution in [2.24, 2.45) is 0 Å². The number of halogens is 1. The third-order valence-corrected chi connectivity index (χ3v) is 4.99. The molecule has 0 saturated carbocycles. The maximum absolute atomic E-state index is 12.6. The molecular weight excluding hydrogens is 438 g/mol. The van der Waals surface area contributed by atoms with Crippen LogP contribution in [0.15, 0.2) is 53.0 Å². The maximum atomic E-state index is 12.6. The van der Waals surface area contributed by atoms with Gasteiger partial charge < -0.3 is 9.64 Å². The maximum Gasteiger partial charge on any atom is 0.257 e. The third-order valence-electron chi connectivity index (χ3n) is 4.01. The van der Waals surface area contributed by atoms with E-state index in [4.69, 9.17) is 22.2 Å². The van der Waals surface area contributed by atoms with Crippen LogP contribution in [-0.2, 0) is 6.42 Å². The normalized spacial score (nSPS) is 10.0. The van der Waals surface area contributed by atoms with Crippen LogP contribution >= 0.6 is 28.1 Å². The molecule has 0 fully saturated rings. The van der Waals surface area contributed by atoms with Gasteiger partial charge >= 0.3 is 0 Å². The van der Waals surface area contributed by atoms with Gasteiger partial charge in [0.2, 0.25) is 0 Å². The zero-order chi connectivity index (χ0) is 20.4. The molecule has 0 saturated heterocycles. The highest BCUT2D eigenvalue weighted by Crippen LogP contribution is 2.26. The summed E-state index contributed by atoms with van der Waals surface area (Å²) in [5.41, 5.74) is 1.65. The van der Waals surface area contributed by atoms with Gasteiger partial charge in [-0.3, -0.25) is 10.1 Å². The summed E-state index contributed by atoms with van der Waals surface area (Å²) < 4.78 is 6.17. The smallest absolute Gasteiger partial charge is 0.257 e. The lowest BCUT2D eigenvalue weighted by atomic mass is 10.1. The first-order chi connectivity index (χ1) is 13.5. The molecule has 0 atom stereocenters. The second-order valence-corrected chi connectivity index (χ2v) is 7.21. The molecule has 1 amide bonds. The molecular formula is C21H22BrN3O2S. The van der Waals surface area contributed by atoms with Crippen molar-refractivity contribution in [3.05, 3.63) is 64.1 Å². The molecule has 0 spiro atoms. The van der Waals surface area contributed by atoms with Crippen LogP contribution in [0.1, 0.15) is 29.3 Å². The number of hydrogen-bond donors (Lipinski definition) is 1. The molecule has 146 valence electrons. The van der Waals surface area contributed by atoms with Gasteiger partial charge in [-0.1, -0.05) is 30.3 Å². The van der Waals surface area contributed by atoms with Crippen molar-refractivity contribution in [2.45, 2.75) is 19.8 Å². The van der Waals surface area contributed by atoms with Crippen molar-refractivity contribution in [3.63, 3.8) is 0 Å². The summed E-state index contributed by atoms with van der Waals surface area (Å²) in [6.45, 7) is 3.54. The number of carbonyl (C=O) groups excluding carboxylic acids is 1. The molecule has 0 radical (unpaired) electrons. The zero-order valence-electron chi connectivity index (χ0n) is 15.7. The number of carbonyl (C=O) groups is 1. The number of nitrogens with one attached hydrogen (secondary N) is 1. The number of rotatable bonds is 8. The SMILES string of the molecule is CCOc1ccc(C(=O)NC(=S)N(CCC#N)CCc2ccccc2)cc1Br. The van der Waals surface area contributed by atoms with Crippen LogP contribution in [0.25, 0.3) is 0 Å². The Morgan fingerprint density at radius 1 is 1.25 bits per heavy atom. The summed E-state index contributed by atoms with van der Waals surface area (Å²) in [6, 6.07) is 17.3. The van der Waals surface area contributed by atoms with E-state index in [-0.39, 0.29) is 5.91 Å². The van der Waals surface area contributed by atoms with Crippen molar-refractivity contribution < 1.29 is 9.53 Å². The van der Waals surface area contributed by atoms with Crippen molar-refractivity contribution in [3.8, 4) is 11.8 Å². The van der Waals surface area contributed by atoms with Gasteiger partial charge in [0.1, 0.15) is 5.75 Å². The van der Waals surface area contributed by atoms with Gasteiger partial charge in [0.05, 0.1) is 23.6 Å². The van der Waals surface area contributed by atoms with Gasteiger partial charge in [-0.05, 0) is 65.3 Å². The van der Waals surface area contributed by atoms with Crippen LogP contribution in [0.4, 0.5) is 0 Å². The van der Waals surface area contributed by atoms with Crippen molar-refractivity contribution in [1.82, 2.24) is 10.2 Å². The van der Waals surface area contributed by atoms with E-state index in [1.165, 1.54) is 5.56 Å². The number of nitrogens with zero attached hydrogens (tertiary/aromatic N) is 2. The topological polar surface area (TPSA) is 65.4 Å². The number of nitriles is 1. The monoisotopic (exact) mass is 459 g/mol. The molecule has 0 aliphatic heterocycles. The van der Waals surface area contributed by atoms with Gasteiger partial charge in [-0.15, -0.1) is 0 Å². The minimum absolute atomic E-state index is 0.296. The first-order valence-electron chi connectivity index (χ1n) is 8.98. The lowest BCUT2D eigenvalue weighted by molar-refractivity contribution is 0.0973. The van der Waals surface area contributed by atoms with Crippen molar-refractivity contribution >= 4 is 39.2 Å². The molecule has 0 aliphatic rings. The highest BCUT2D eigenvalue weighted by Gasteiger charge is 2.15. The van der Waals surface area contributed by atoms with Crippen LogP contribution in [0.5, 0.6) is 5.75 Å². The Morgan fingerprint density at radius 3 is 2.64 bits per heavy atom.